The van der Waals surface area contributed by atoms with E-state index in [1.165, 1.54) is 0 Å². The van der Waals surface area contributed by atoms with Crippen molar-refractivity contribution in [3.63, 3.8) is 0 Å². The van der Waals surface area contributed by atoms with E-state index in [2.05, 4.69) is 10.6 Å². The van der Waals surface area contributed by atoms with Crippen LogP contribution in [-0.4, -0.2) is 29.9 Å². The molecular formula is C21H27ClN4O2. The molecule has 0 saturated carbocycles. The highest BCUT2D eigenvalue weighted by Crippen LogP contribution is 2.15. The van der Waals surface area contributed by atoms with Crippen LogP contribution >= 0.6 is 12.4 Å². The Kier molecular flexibility index (Phi) is 8.29. The second-order valence-electron chi connectivity index (χ2n) is 6.82. The molecule has 0 aliphatic carbocycles. The lowest BCUT2D eigenvalue weighted by molar-refractivity contribution is -0.121. The Balaban J connectivity index is 0.00000280. The summed E-state index contributed by atoms with van der Waals surface area (Å²) in [7, 11) is 0. The van der Waals surface area contributed by atoms with Gasteiger partial charge in [-0.15, -0.1) is 12.4 Å². The maximum Gasteiger partial charge on any atom is 0.321 e. The van der Waals surface area contributed by atoms with Crippen molar-refractivity contribution in [3.8, 4) is 0 Å². The van der Waals surface area contributed by atoms with Crippen molar-refractivity contribution >= 4 is 30.0 Å². The minimum atomic E-state index is -0.322. The van der Waals surface area contributed by atoms with Gasteiger partial charge in [-0.3, -0.25) is 4.79 Å². The summed E-state index contributed by atoms with van der Waals surface area (Å²) in [5, 5.41) is 5.81. The molecule has 1 aliphatic rings. The molecule has 1 saturated heterocycles. The van der Waals surface area contributed by atoms with Gasteiger partial charge in [-0.1, -0.05) is 42.5 Å². The van der Waals surface area contributed by atoms with E-state index in [9.17, 15) is 9.59 Å². The van der Waals surface area contributed by atoms with Gasteiger partial charge < -0.3 is 21.3 Å². The van der Waals surface area contributed by atoms with Crippen molar-refractivity contribution in [2.45, 2.75) is 31.8 Å². The first-order chi connectivity index (χ1) is 13.1. The van der Waals surface area contributed by atoms with Crippen LogP contribution < -0.4 is 16.4 Å². The molecule has 0 radical (unpaired) electrons. The number of likely N-dealkylation sites (tertiary alicyclic amines) is 1. The molecule has 0 spiro atoms. The van der Waals surface area contributed by atoms with Gasteiger partial charge in [0.2, 0.25) is 5.91 Å². The van der Waals surface area contributed by atoms with Gasteiger partial charge >= 0.3 is 6.03 Å². The van der Waals surface area contributed by atoms with Crippen molar-refractivity contribution in [1.29, 1.82) is 0 Å². The van der Waals surface area contributed by atoms with Gasteiger partial charge in [-0.25, -0.2) is 4.79 Å². The smallest absolute Gasteiger partial charge is 0.321 e. The largest absolute Gasteiger partial charge is 0.352 e. The van der Waals surface area contributed by atoms with Gasteiger partial charge in [-0.05, 0) is 36.1 Å². The molecule has 7 heteroatoms. The second kappa shape index (κ2) is 10.7. The van der Waals surface area contributed by atoms with Crippen molar-refractivity contribution in [2.75, 3.05) is 18.4 Å². The van der Waals surface area contributed by atoms with Crippen LogP contribution in [0.2, 0.25) is 0 Å². The number of nitrogens with one attached hydrogen (secondary N) is 2. The van der Waals surface area contributed by atoms with Gasteiger partial charge in [0.05, 0.1) is 0 Å². The van der Waals surface area contributed by atoms with Crippen LogP contribution in [0, 0.1) is 0 Å². The SMILES string of the molecule is Cl.NC(CC(=O)NCc1cccc(NC(=O)N2CCCC2)c1)c1ccccc1. The number of urea groups is 1. The average molecular weight is 403 g/mol. The summed E-state index contributed by atoms with van der Waals surface area (Å²) in [4.78, 5) is 26.2. The lowest BCUT2D eigenvalue weighted by Gasteiger charge is -2.16. The van der Waals surface area contributed by atoms with Crippen LogP contribution in [0.3, 0.4) is 0 Å². The summed E-state index contributed by atoms with van der Waals surface area (Å²) >= 11 is 0. The van der Waals surface area contributed by atoms with Gasteiger partial charge in [0.1, 0.15) is 0 Å². The summed E-state index contributed by atoms with van der Waals surface area (Å²) in [5.41, 5.74) is 8.70. The van der Waals surface area contributed by atoms with Crippen LogP contribution in [0.5, 0.6) is 0 Å². The zero-order chi connectivity index (χ0) is 19.1. The Hall–Kier alpha value is -2.57. The number of hydrogen-bond donors (Lipinski definition) is 3. The first kappa shape index (κ1) is 21.7. The highest BCUT2D eigenvalue weighted by Gasteiger charge is 2.17. The number of carbonyl (C=O) groups excluding carboxylic acids is 2. The van der Waals surface area contributed by atoms with Crippen LogP contribution in [0.4, 0.5) is 10.5 Å². The highest BCUT2D eigenvalue weighted by molar-refractivity contribution is 5.89. The second-order valence-corrected chi connectivity index (χ2v) is 6.82. The minimum absolute atomic E-state index is 0. The van der Waals surface area contributed by atoms with Crippen molar-refractivity contribution in [2.24, 2.45) is 5.73 Å². The van der Waals surface area contributed by atoms with Gasteiger partial charge in [-0.2, -0.15) is 0 Å². The number of rotatable bonds is 6. The van der Waals surface area contributed by atoms with Crippen LogP contribution in [0.15, 0.2) is 54.6 Å². The third kappa shape index (κ3) is 6.25. The Morgan fingerprint density at radius 3 is 2.46 bits per heavy atom. The maximum atomic E-state index is 12.2. The number of anilines is 1. The summed E-state index contributed by atoms with van der Waals surface area (Å²) in [6, 6.07) is 16.7. The third-order valence-electron chi connectivity index (χ3n) is 4.69. The molecule has 0 bridgehead atoms. The van der Waals surface area contributed by atoms with Gasteiger partial charge in [0.15, 0.2) is 0 Å². The molecule has 1 atom stereocenters. The average Bonchev–Trinajstić information content (AvgIpc) is 3.22. The molecule has 3 rings (SSSR count). The third-order valence-corrected chi connectivity index (χ3v) is 4.69. The van der Waals surface area contributed by atoms with E-state index < -0.39 is 0 Å². The fourth-order valence-corrected chi connectivity index (χ4v) is 3.17. The molecule has 2 aromatic rings. The van der Waals surface area contributed by atoms with Gasteiger partial charge in [0, 0.05) is 37.8 Å². The number of halogens is 1. The zero-order valence-corrected chi connectivity index (χ0v) is 16.6. The molecule has 1 unspecified atom stereocenters. The number of amides is 3. The molecule has 1 heterocycles. The number of benzene rings is 2. The molecule has 0 aromatic heterocycles. The number of hydrogen-bond acceptors (Lipinski definition) is 3. The quantitative estimate of drug-likeness (QED) is 0.691. The van der Waals surface area contributed by atoms with Crippen LogP contribution in [0.25, 0.3) is 0 Å². The zero-order valence-electron chi connectivity index (χ0n) is 15.8. The van der Waals surface area contributed by atoms with E-state index in [1.54, 1.807) is 0 Å². The Morgan fingerprint density at radius 2 is 1.75 bits per heavy atom. The van der Waals surface area contributed by atoms with E-state index in [-0.39, 0.29) is 36.8 Å². The number of nitrogens with zero attached hydrogens (tertiary/aromatic N) is 1. The Morgan fingerprint density at radius 1 is 1.04 bits per heavy atom. The molecular weight excluding hydrogens is 376 g/mol. The summed E-state index contributed by atoms with van der Waals surface area (Å²) in [6.45, 7) is 2.01. The van der Waals surface area contributed by atoms with E-state index in [4.69, 9.17) is 5.73 Å². The van der Waals surface area contributed by atoms with Gasteiger partial charge in [0.25, 0.3) is 0 Å². The molecule has 150 valence electrons. The summed E-state index contributed by atoms with van der Waals surface area (Å²) < 4.78 is 0. The van der Waals surface area contributed by atoms with Crippen LogP contribution in [-0.2, 0) is 11.3 Å². The maximum absolute atomic E-state index is 12.2. The van der Waals surface area contributed by atoms with Crippen molar-refractivity contribution < 1.29 is 9.59 Å². The fraction of sp³-hybridized carbons (Fsp3) is 0.333. The minimum Gasteiger partial charge on any atom is -0.352 e. The molecule has 3 amide bonds. The first-order valence-corrected chi connectivity index (χ1v) is 9.34. The van der Waals surface area contributed by atoms with E-state index >= 15 is 0 Å². The molecule has 28 heavy (non-hydrogen) atoms. The predicted molar refractivity (Wildman–Crippen MR) is 113 cm³/mol. The first-order valence-electron chi connectivity index (χ1n) is 9.34. The fourth-order valence-electron chi connectivity index (χ4n) is 3.17. The van der Waals surface area contributed by atoms with E-state index in [1.807, 2.05) is 59.5 Å². The highest BCUT2D eigenvalue weighted by atomic mass is 35.5. The lowest BCUT2D eigenvalue weighted by Crippen LogP contribution is -2.32. The van der Waals surface area contributed by atoms with Crippen molar-refractivity contribution in [3.05, 3.63) is 65.7 Å². The van der Waals surface area contributed by atoms with Crippen molar-refractivity contribution in [1.82, 2.24) is 10.2 Å². The molecule has 2 aromatic carbocycles. The standard InChI is InChI=1S/C21H26N4O2.ClH/c22-19(17-8-2-1-3-9-17)14-20(26)23-15-16-7-6-10-18(13-16)24-21(27)25-11-4-5-12-25;/h1-3,6-10,13,19H,4-5,11-12,14-15,22H2,(H,23,26)(H,24,27);1H. The molecule has 4 N–H and O–H groups in total. The lowest BCUT2D eigenvalue weighted by atomic mass is 10.0. The van der Waals surface area contributed by atoms with E-state index in [0.29, 0.717) is 6.54 Å². The topological polar surface area (TPSA) is 87.5 Å². The summed E-state index contributed by atoms with van der Waals surface area (Å²) in [6.07, 6.45) is 2.35. The molecule has 1 aliphatic heterocycles. The van der Waals surface area contributed by atoms with Crippen LogP contribution in [0.1, 0.15) is 36.4 Å². The summed E-state index contributed by atoms with van der Waals surface area (Å²) in [5.74, 6) is -0.0992. The number of nitrogens with two attached hydrogens (primary N) is 1. The predicted octanol–water partition coefficient (Wildman–Crippen LogP) is 3.44. The molecule has 6 nitrogen and oxygen atoms in total. The Labute approximate surface area is 171 Å². The normalized spacial score (nSPS) is 14.1. The molecule has 1 fully saturated rings. The number of carbonyl (C=O) groups is 2. The van der Waals surface area contributed by atoms with E-state index in [0.717, 1.165) is 42.7 Å². The monoisotopic (exact) mass is 402 g/mol. The Bertz CT molecular complexity index is 779.